The van der Waals surface area contributed by atoms with Gasteiger partial charge in [0.2, 0.25) is 5.91 Å². The van der Waals surface area contributed by atoms with Crippen molar-refractivity contribution in [3.63, 3.8) is 0 Å². The Balaban J connectivity index is 1.99. The molecule has 1 N–H and O–H groups in total. The van der Waals surface area contributed by atoms with E-state index in [-0.39, 0.29) is 18.4 Å². The lowest BCUT2D eigenvalue weighted by Gasteiger charge is -2.24. The van der Waals surface area contributed by atoms with E-state index < -0.39 is 6.10 Å². The van der Waals surface area contributed by atoms with Crippen molar-refractivity contribution < 1.29 is 19.4 Å². The molecule has 26 heavy (non-hydrogen) atoms. The Morgan fingerprint density at radius 1 is 1.08 bits per heavy atom. The van der Waals surface area contributed by atoms with Crippen molar-refractivity contribution in [1.29, 1.82) is 0 Å². The van der Waals surface area contributed by atoms with Crippen LogP contribution in [-0.4, -0.2) is 43.7 Å². The molecule has 0 saturated carbocycles. The number of ether oxygens (including phenoxy) is 2. The van der Waals surface area contributed by atoms with E-state index in [1.54, 1.807) is 44.4 Å². The number of rotatable bonds is 8. The summed E-state index contributed by atoms with van der Waals surface area (Å²) < 4.78 is 10.5. The van der Waals surface area contributed by atoms with Gasteiger partial charge in [-0.3, -0.25) is 4.79 Å². The lowest BCUT2D eigenvalue weighted by molar-refractivity contribution is -0.134. The van der Waals surface area contributed by atoms with Crippen molar-refractivity contribution in [2.45, 2.75) is 19.4 Å². The first-order valence-corrected chi connectivity index (χ1v) is 8.65. The van der Waals surface area contributed by atoms with Crippen LogP contribution in [0.1, 0.15) is 24.2 Å². The molecule has 2 rings (SSSR count). The van der Waals surface area contributed by atoms with Crippen molar-refractivity contribution in [3.05, 3.63) is 59.7 Å². The Morgan fingerprint density at radius 3 is 2.35 bits per heavy atom. The van der Waals surface area contributed by atoms with Crippen molar-refractivity contribution in [1.82, 2.24) is 4.90 Å². The number of nitrogens with zero attached hydrogens (tertiary/aromatic N) is 1. The molecule has 5 heteroatoms. The third kappa shape index (κ3) is 4.99. The number of aliphatic hydroxyl groups is 1. The van der Waals surface area contributed by atoms with Crippen LogP contribution < -0.4 is 9.47 Å². The molecular weight excluding hydrogens is 330 g/mol. The number of likely N-dealkylation sites (N-methyl/N-ethyl adjacent to an activating group) is 1. The van der Waals surface area contributed by atoms with Gasteiger partial charge in [0.15, 0.2) is 11.5 Å². The highest BCUT2D eigenvalue weighted by Crippen LogP contribution is 2.30. The summed E-state index contributed by atoms with van der Waals surface area (Å²) in [5.41, 5.74) is 1.81. The molecular formula is C21H27NO4. The minimum Gasteiger partial charge on any atom is -0.493 e. The number of hydrogen-bond acceptors (Lipinski definition) is 4. The average Bonchev–Trinajstić information content (AvgIpc) is 2.67. The molecule has 0 bridgehead atoms. The summed E-state index contributed by atoms with van der Waals surface area (Å²) in [6.07, 6.45) is -0.121. The first-order valence-electron chi connectivity index (χ1n) is 8.65. The zero-order chi connectivity index (χ0) is 19.1. The van der Waals surface area contributed by atoms with Crippen molar-refractivity contribution in [2.75, 3.05) is 27.8 Å². The number of benzene rings is 2. The summed E-state index contributed by atoms with van der Waals surface area (Å²) in [4.78, 5) is 14.2. The first-order chi connectivity index (χ1) is 12.5. The van der Waals surface area contributed by atoms with Crippen LogP contribution in [0.2, 0.25) is 0 Å². The van der Waals surface area contributed by atoms with E-state index in [1.807, 2.05) is 37.3 Å². The van der Waals surface area contributed by atoms with Gasteiger partial charge in [0.1, 0.15) is 0 Å². The van der Waals surface area contributed by atoms with Crippen LogP contribution in [0.25, 0.3) is 0 Å². The van der Waals surface area contributed by atoms with Crippen LogP contribution in [0.15, 0.2) is 48.5 Å². The second-order valence-electron chi connectivity index (χ2n) is 6.44. The number of methoxy groups -OCH3 is 2. The molecule has 0 aliphatic carbocycles. The van der Waals surface area contributed by atoms with Crippen LogP contribution >= 0.6 is 0 Å². The first kappa shape index (κ1) is 19.8. The van der Waals surface area contributed by atoms with Gasteiger partial charge in [0, 0.05) is 13.0 Å². The van der Waals surface area contributed by atoms with E-state index in [0.29, 0.717) is 23.5 Å². The van der Waals surface area contributed by atoms with E-state index in [0.717, 1.165) is 5.56 Å². The molecule has 0 aliphatic heterocycles. The molecule has 2 aromatic rings. The molecule has 0 saturated heterocycles. The van der Waals surface area contributed by atoms with E-state index in [1.165, 1.54) is 0 Å². The Morgan fingerprint density at radius 2 is 1.73 bits per heavy atom. The van der Waals surface area contributed by atoms with Gasteiger partial charge in [0.25, 0.3) is 0 Å². The molecule has 5 nitrogen and oxygen atoms in total. The fraction of sp³-hybridized carbons (Fsp3) is 0.381. The maximum atomic E-state index is 12.6. The van der Waals surface area contributed by atoms with Crippen molar-refractivity contribution >= 4 is 5.91 Å². The lowest BCUT2D eigenvalue weighted by atomic mass is 9.99. The molecule has 0 aromatic heterocycles. The van der Waals surface area contributed by atoms with Gasteiger partial charge in [-0.25, -0.2) is 0 Å². The maximum absolute atomic E-state index is 12.6. The van der Waals surface area contributed by atoms with Crippen LogP contribution in [0.5, 0.6) is 11.5 Å². The smallest absolute Gasteiger partial charge is 0.225 e. The molecule has 0 aliphatic rings. The summed E-state index contributed by atoms with van der Waals surface area (Å²) in [6.45, 7) is 2.13. The predicted molar refractivity (Wildman–Crippen MR) is 101 cm³/mol. The highest BCUT2D eigenvalue weighted by Gasteiger charge is 2.21. The fourth-order valence-electron chi connectivity index (χ4n) is 2.95. The van der Waals surface area contributed by atoms with Crippen LogP contribution in [0, 0.1) is 5.92 Å². The van der Waals surface area contributed by atoms with Gasteiger partial charge >= 0.3 is 0 Å². The Bertz CT molecular complexity index is 717. The molecule has 2 aromatic carbocycles. The molecule has 0 spiro atoms. The summed E-state index contributed by atoms with van der Waals surface area (Å²) in [7, 11) is 4.83. The molecule has 0 radical (unpaired) electrons. The molecule has 2 unspecified atom stereocenters. The summed E-state index contributed by atoms with van der Waals surface area (Å²) >= 11 is 0. The van der Waals surface area contributed by atoms with Gasteiger partial charge in [-0.2, -0.15) is 0 Å². The van der Waals surface area contributed by atoms with E-state index in [4.69, 9.17) is 9.47 Å². The topological polar surface area (TPSA) is 59.0 Å². The minimum absolute atomic E-state index is 0.00776. The molecule has 0 heterocycles. The SMILES string of the molecule is COc1ccc(C(O)CN(C)C(=O)C(C)Cc2ccccc2)cc1OC. The maximum Gasteiger partial charge on any atom is 0.225 e. The molecule has 140 valence electrons. The third-order valence-electron chi connectivity index (χ3n) is 4.42. The zero-order valence-electron chi connectivity index (χ0n) is 15.8. The van der Waals surface area contributed by atoms with E-state index in [9.17, 15) is 9.90 Å². The second kappa shape index (κ2) is 9.25. The predicted octanol–water partition coefficient (Wildman–Crippen LogP) is 3.07. The van der Waals surface area contributed by atoms with Gasteiger partial charge in [-0.15, -0.1) is 0 Å². The normalized spacial score (nSPS) is 13.0. The quantitative estimate of drug-likeness (QED) is 0.789. The number of hydrogen-bond donors (Lipinski definition) is 1. The summed E-state index contributed by atoms with van der Waals surface area (Å²) in [5, 5.41) is 10.5. The largest absolute Gasteiger partial charge is 0.493 e. The van der Waals surface area contributed by atoms with Crippen LogP contribution in [-0.2, 0) is 11.2 Å². The monoisotopic (exact) mass is 357 g/mol. The van der Waals surface area contributed by atoms with Crippen LogP contribution in [0.3, 0.4) is 0 Å². The number of aliphatic hydroxyl groups excluding tert-OH is 1. The highest BCUT2D eigenvalue weighted by atomic mass is 16.5. The van der Waals surface area contributed by atoms with Crippen molar-refractivity contribution in [2.24, 2.45) is 5.92 Å². The Kier molecular flexibility index (Phi) is 7.04. The number of carbonyl (C=O) groups is 1. The zero-order valence-corrected chi connectivity index (χ0v) is 15.8. The second-order valence-corrected chi connectivity index (χ2v) is 6.44. The third-order valence-corrected chi connectivity index (χ3v) is 4.42. The number of amides is 1. The van der Waals surface area contributed by atoms with Gasteiger partial charge in [0.05, 0.1) is 26.9 Å². The standard InChI is InChI=1S/C21H27NO4/c1-15(12-16-8-6-5-7-9-16)21(24)22(2)14-18(23)17-10-11-19(25-3)20(13-17)26-4/h5-11,13,15,18,23H,12,14H2,1-4H3. The number of carbonyl (C=O) groups excluding carboxylic acids is 1. The highest BCUT2D eigenvalue weighted by molar-refractivity contribution is 5.78. The van der Waals surface area contributed by atoms with Gasteiger partial charge in [-0.05, 0) is 29.7 Å². The van der Waals surface area contributed by atoms with E-state index in [2.05, 4.69) is 0 Å². The molecule has 0 fully saturated rings. The summed E-state index contributed by atoms with van der Waals surface area (Å²) in [5.74, 6) is 1.01. The molecule has 2 atom stereocenters. The van der Waals surface area contributed by atoms with Gasteiger partial charge < -0.3 is 19.5 Å². The Labute approximate surface area is 155 Å². The Hall–Kier alpha value is -2.53. The van der Waals surface area contributed by atoms with Gasteiger partial charge in [-0.1, -0.05) is 43.3 Å². The molecule has 1 amide bonds. The van der Waals surface area contributed by atoms with Crippen molar-refractivity contribution in [3.8, 4) is 11.5 Å². The van der Waals surface area contributed by atoms with Crippen LogP contribution in [0.4, 0.5) is 0 Å². The summed E-state index contributed by atoms with van der Waals surface area (Å²) in [6, 6.07) is 15.2. The van der Waals surface area contributed by atoms with E-state index >= 15 is 0 Å². The average molecular weight is 357 g/mol. The lowest BCUT2D eigenvalue weighted by Crippen LogP contribution is -2.35. The fourth-order valence-corrected chi connectivity index (χ4v) is 2.95. The minimum atomic E-state index is -0.798.